The quantitative estimate of drug-likeness (QED) is 0.834. The van der Waals surface area contributed by atoms with Crippen molar-refractivity contribution < 1.29 is 4.79 Å². The molecule has 2 aliphatic heterocycles. The second-order valence-electron chi connectivity index (χ2n) is 7.01. The van der Waals surface area contributed by atoms with Gasteiger partial charge in [-0.2, -0.15) is 0 Å². The van der Waals surface area contributed by atoms with E-state index in [1.54, 1.807) is 0 Å². The van der Waals surface area contributed by atoms with E-state index >= 15 is 0 Å². The van der Waals surface area contributed by atoms with E-state index < -0.39 is 0 Å². The zero-order valence-corrected chi connectivity index (χ0v) is 13.2. The van der Waals surface area contributed by atoms with Gasteiger partial charge in [-0.1, -0.05) is 13.8 Å². The van der Waals surface area contributed by atoms with E-state index in [4.69, 9.17) is 5.73 Å². The molecule has 2 rings (SSSR count). The normalized spacial score (nSPS) is 23.5. The summed E-state index contributed by atoms with van der Waals surface area (Å²) in [7, 11) is 0. The van der Waals surface area contributed by atoms with Crippen molar-refractivity contribution in [1.29, 1.82) is 0 Å². The summed E-state index contributed by atoms with van der Waals surface area (Å²) in [4.78, 5) is 16.9. The zero-order chi connectivity index (χ0) is 14.5. The lowest BCUT2D eigenvalue weighted by atomic mass is 9.95. The van der Waals surface area contributed by atoms with Gasteiger partial charge in [-0.3, -0.25) is 4.79 Å². The smallest absolute Gasteiger partial charge is 0.239 e. The molecule has 0 radical (unpaired) electrons. The summed E-state index contributed by atoms with van der Waals surface area (Å²) in [6.45, 7) is 9.84. The minimum atomic E-state index is -0.301. The maximum atomic E-state index is 12.3. The molecule has 0 bridgehead atoms. The summed E-state index contributed by atoms with van der Waals surface area (Å²) in [5.74, 6) is 1.43. The summed E-state index contributed by atoms with van der Waals surface area (Å²) in [5.41, 5.74) is 6.02. The average Bonchev–Trinajstić information content (AvgIpc) is 2.91. The Morgan fingerprint density at radius 2 is 1.75 bits per heavy atom. The third-order valence-corrected chi connectivity index (χ3v) is 4.68. The van der Waals surface area contributed by atoms with Crippen molar-refractivity contribution in [2.75, 3.05) is 32.7 Å². The first kappa shape index (κ1) is 15.8. The highest BCUT2D eigenvalue weighted by Crippen LogP contribution is 2.21. The molecule has 1 amide bonds. The van der Waals surface area contributed by atoms with Gasteiger partial charge in [0.25, 0.3) is 0 Å². The molecule has 0 aliphatic carbocycles. The van der Waals surface area contributed by atoms with Crippen molar-refractivity contribution in [3.8, 4) is 0 Å². The number of nitrogens with zero attached hydrogens (tertiary/aromatic N) is 2. The van der Waals surface area contributed by atoms with Crippen molar-refractivity contribution in [2.24, 2.45) is 17.6 Å². The van der Waals surface area contributed by atoms with Crippen molar-refractivity contribution in [2.45, 2.75) is 52.0 Å². The molecule has 4 heteroatoms. The highest BCUT2D eigenvalue weighted by Gasteiger charge is 2.27. The minimum absolute atomic E-state index is 0.165. The van der Waals surface area contributed by atoms with Gasteiger partial charge in [0, 0.05) is 19.6 Å². The maximum Gasteiger partial charge on any atom is 0.239 e. The molecule has 0 aromatic carbocycles. The molecule has 0 saturated carbocycles. The molecule has 0 aromatic rings. The monoisotopic (exact) mass is 281 g/mol. The molecular formula is C16H31N3O. The Morgan fingerprint density at radius 1 is 1.15 bits per heavy atom. The largest absolute Gasteiger partial charge is 0.341 e. The predicted octanol–water partition coefficient (Wildman–Crippen LogP) is 1.69. The molecule has 2 N–H and O–H groups in total. The Kier molecular flexibility index (Phi) is 5.85. The third kappa shape index (κ3) is 4.45. The summed E-state index contributed by atoms with van der Waals surface area (Å²) >= 11 is 0. The van der Waals surface area contributed by atoms with E-state index in [1.165, 1.54) is 32.5 Å². The number of likely N-dealkylation sites (tertiary alicyclic amines) is 2. The fraction of sp³-hybridized carbons (Fsp3) is 0.938. The van der Waals surface area contributed by atoms with Crippen LogP contribution in [0.1, 0.15) is 46.0 Å². The number of hydrogen-bond acceptors (Lipinski definition) is 3. The van der Waals surface area contributed by atoms with Crippen LogP contribution < -0.4 is 5.73 Å². The third-order valence-electron chi connectivity index (χ3n) is 4.68. The van der Waals surface area contributed by atoms with Crippen LogP contribution in [0.15, 0.2) is 0 Å². The lowest BCUT2D eigenvalue weighted by molar-refractivity contribution is -0.134. The van der Waals surface area contributed by atoms with E-state index in [-0.39, 0.29) is 11.9 Å². The van der Waals surface area contributed by atoms with Crippen LogP contribution in [-0.2, 0) is 4.79 Å². The number of piperidine rings is 1. The van der Waals surface area contributed by atoms with Gasteiger partial charge in [0.1, 0.15) is 0 Å². The molecule has 2 fully saturated rings. The summed E-state index contributed by atoms with van der Waals surface area (Å²) < 4.78 is 0. The second kappa shape index (κ2) is 7.41. The topological polar surface area (TPSA) is 49.6 Å². The van der Waals surface area contributed by atoms with Crippen LogP contribution in [0.25, 0.3) is 0 Å². The molecule has 1 atom stereocenters. The highest BCUT2D eigenvalue weighted by atomic mass is 16.2. The van der Waals surface area contributed by atoms with Crippen molar-refractivity contribution in [3.63, 3.8) is 0 Å². The molecule has 2 heterocycles. The number of rotatable bonds is 5. The lowest BCUT2D eigenvalue weighted by Crippen LogP contribution is -2.48. The van der Waals surface area contributed by atoms with Gasteiger partial charge < -0.3 is 15.5 Å². The standard InChI is InChI=1S/C16H31N3O/c1-13(2)11-15(17)16(20)19-9-5-14(6-10-19)12-18-7-3-4-8-18/h13-15H,3-12,17H2,1-2H3/t15-/m1/s1. The van der Waals surface area contributed by atoms with Crippen LogP contribution in [0.3, 0.4) is 0 Å². The Bertz CT molecular complexity index is 305. The molecule has 0 spiro atoms. The van der Waals surface area contributed by atoms with Gasteiger partial charge in [-0.15, -0.1) is 0 Å². The molecule has 0 aromatic heterocycles. The Balaban J connectivity index is 1.71. The summed E-state index contributed by atoms with van der Waals surface area (Å²) in [6, 6.07) is -0.301. The predicted molar refractivity (Wildman–Crippen MR) is 82.4 cm³/mol. The van der Waals surface area contributed by atoms with Crippen LogP contribution in [0.2, 0.25) is 0 Å². The van der Waals surface area contributed by atoms with Gasteiger partial charge in [0.05, 0.1) is 6.04 Å². The molecule has 2 saturated heterocycles. The van der Waals surface area contributed by atoms with Gasteiger partial charge >= 0.3 is 0 Å². The minimum Gasteiger partial charge on any atom is -0.341 e. The highest BCUT2D eigenvalue weighted by molar-refractivity contribution is 5.81. The molecular weight excluding hydrogens is 250 g/mol. The van der Waals surface area contributed by atoms with E-state index in [1.807, 2.05) is 4.90 Å². The zero-order valence-electron chi connectivity index (χ0n) is 13.2. The summed E-state index contributed by atoms with van der Waals surface area (Å²) in [6.07, 6.45) is 5.82. The second-order valence-corrected chi connectivity index (χ2v) is 7.01. The van der Waals surface area contributed by atoms with Crippen LogP contribution >= 0.6 is 0 Å². The van der Waals surface area contributed by atoms with Crippen molar-refractivity contribution in [1.82, 2.24) is 9.80 Å². The van der Waals surface area contributed by atoms with Gasteiger partial charge in [-0.05, 0) is 57.0 Å². The van der Waals surface area contributed by atoms with Gasteiger partial charge in [0.2, 0.25) is 5.91 Å². The van der Waals surface area contributed by atoms with Crippen molar-refractivity contribution >= 4 is 5.91 Å². The molecule has 116 valence electrons. The van der Waals surface area contributed by atoms with Crippen LogP contribution in [0, 0.1) is 11.8 Å². The SMILES string of the molecule is CC(C)C[C@@H](N)C(=O)N1CCC(CN2CCCC2)CC1. The molecule has 0 unspecified atom stereocenters. The van der Waals surface area contributed by atoms with E-state index in [0.717, 1.165) is 38.3 Å². The Labute approximate surface area is 123 Å². The Morgan fingerprint density at radius 3 is 2.30 bits per heavy atom. The number of hydrogen-bond donors (Lipinski definition) is 1. The van der Waals surface area contributed by atoms with Gasteiger partial charge in [-0.25, -0.2) is 0 Å². The van der Waals surface area contributed by atoms with Gasteiger partial charge in [0.15, 0.2) is 0 Å². The Hall–Kier alpha value is -0.610. The fourth-order valence-electron chi connectivity index (χ4n) is 3.51. The summed E-state index contributed by atoms with van der Waals surface area (Å²) in [5, 5.41) is 0. The first-order valence-corrected chi connectivity index (χ1v) is 8.33. The molecule has 4 nitrogen and oxygen atoms in total. The average molecular weight is 281 g/mol. The number of amides is 1. The van der Waals surface area contributed by atoms with Crippen LogP contribution in [0.4, 0.5) is 0 Å². The molecule has 20 heavy (non-hydrogen) atoms. The first-order valence-electron chi connectivity index (χ1n) is 8.33. The maximum absolute atomic E-state index is 12.3. The van der Waals surface area contributed by atoms with Crippen molar-refractivity contribution in [3.05, 3.63) is 0 Å². The first-order chi connectivity index (χ1) is 9.56. The number of nitrogens with two attached hydrogens (primary N) is 1. The van der Waals surface area contributed by atoms with Crippen LogP contribution in [0.5, 0.6) is 0 Å². The number of carbonyl (C=O) groups excluding carboxylic acids is 1. The van der Waals surface area contributed by atoms with Crippen LogP contribution in [-0.4, -0.2) is 54.5 Å². The fourth-order valence-corrected chi connectivity index (χ4v) is 3.51. The van der Waals surface area contributed by atoms with E-state index in [0.29, 0.717) is 5.92 Å². The molecule has 2 aliphatic rings. The number of carbonyl (C=O) groups is 1. The lowest BCUT2D eigenvalue weighted by Gasteiger charge is -2.35. The van der Waals surface area contributed by atoms with E-state index in [9.17, 15) is 4.79 Å². The van der Waals surface area contributed by atoms with E-state index in [2.05, 4.69) is 18.7 Å².